The Balaban J connectivity index is 1.79. The van der Waals surface area contributed by atoms with Crippen LogP contribution in [0.1, 0.15) is 35.2 Å². The number of aliphatic hydroxyl groups excluding tert-OH is 1. The van der Waals surface area contributed by atoms with Gasteiger partial charge in [-0.2, -0.15) is 23.0 Å². The zero-order valence-corrected chi connectivity index (χ0v) is 16.7. The van der Waals surface area contributed by atoms with Crippen LogP contribution < -0.4 is 10.9 Å². The first kappa shape index (κ1) is 21.7. The molecule has 1 aliphatic carbocycles. The second-order valence-electron chi connectivity index (χ2n) is 7.52. The van der Waals surface area contributed by atoms with Crippen LogP contribution in [0.3, 0.4) is 0 Å². The zero-order chi connectivity index (χ0) is 22.9. The minimum atomic E-state index is -4.49. The normalized spacial score (nSPS) is 18.5. The molecular formula is C22H19F3N4O3. The number of alkyl halides is 3. The third-order valence-corrected chi connectivity index (χ3v) is 5.35. The van der Waals surface area contributed by atoms with Crippen molar-refractivity contribution in [3.63, 3.8) is 0 Å². The summed E-state index contributed by atoms with van der Waals surface area (Å²) >= 11 is 0. The number of aromatic nitrogens is 3. The van der Waals surface area contributed by atoms with E-state index in [0.29, 0.717) is 24.1 Å². The van der Waals surface area contributed by atoms with E-state index in [1.165, 1.54) is 30.6 Å². The lowest BCUT2D eigenvalue weighted by molar-refractivity contribution is -0.137. The number of hydrogen-bond acceptors (Lipinski definition) is 5. The first-order chi connectivity index (χ1) is 15.2. The van der Waals surface area contributed by atoms with Gasteiger partial charge in [-0.15, -0.1) is 0 Å². The molecule has 1 aliphatic rings. The second kappa shape index (κ2) is 8.54. The van der Waals surface area contributed by atoms with Crippen LogP contribution in [0.25, 0.3) is 16.9 Å². The third-order valence-electron chi connectivity index (χ3n) is 5.35. The van der Waals surface area contributed by atoms with Crippen molar-refractivity contribution in [2.45, 2.75) is 37.6 Å². The number of nitrogens with zero attached hydrogens (tertiary/aromatic N) is 3. The van der Waals surface area contributed by atoms with Crippen molar-refractivity contribution < 1.29 is 23.1 Å². The highest BCUT2D eigenvalue weighted by atomic mass is 19.4. The van der Waals surface area contributed by atoms with Gasteiger partial charge in [0.25, 0.3) is 11.5 Å². The van der Waals surface area contributed by atoms with E-state index < -0.39 is 35.4 Å². The van der Waals surface area contributed by atoms with Crippen LogP contribution in [0.4, 0.5) is 13.2 Å². The molecular weight excluding hydrogens is 425 g/mol. The Kier molecular flexibility index (Phi) is 5.79. The van der Waals surface area contributed by atoms with Crippen LogP contribution in [0.5, 0.6) is 0 Å². The fraction of sp³-hybridized carbons (Fsp3) is 0.273. The molecule has 166 valence electrons. The summed E-state index contributed by atoms with van der Waals surface area (Å²) in [6.45, 7) is 0. The maximum absolute atomic E-state index is 13.0. The summed E-state index contributed by atoms with van der Waals surface area (Å²) in [5.74, 6) is -0.686. The number of carbonyl (C=O) groups excluding carboxylic acids is 1. The maximum Gasteiger partial charge on any atom is 0.416 e. The standard InChI is InChI=1S/C22H19F3N4O3/c23-22(24,25)14-8-6-13(7-9-14)18-11-16(20(31)27-17-4-1-5-19(17)30)21(32)29(28-18)15-3-2-10-26-12-15/h2-3,6-12,17,19,30H,1,4-5H2,(H,27,31)/t17-,19-/m1/s1. The maximum atomic E-state index is 13.0. The van der Waals surface area contributed by atoms with Crippen LogP contribution in [0.2, 0.25) is 0 Å². The molecule has 0 spiro atoms. The lowest BCUT2D eigenvalue weighted by Crippen LogP contribution is -2.42. The molecule has 3 aromatic rings. The summed E-state index contributed by atoms with van der Waals surface area (Å²) in [6, 6.07) is 8.20. The molecule has 32 heavy (non-hydrogen) atoms. The van der Waals surface area contributed by atoms with Crippen molar-refractivity contribution in [2.24, 2.45) is 0 Å². The van der Waals surface area contributed by atoms with Crippen LogP contribution in [0.15, 0.2) is 59.7 Å². The van der Waals surface area contributed by atoms with Crippen molar-refractivity contribution >= 4 is 5.91 Å². The molecule has 0 bridgehead atoms. The van der Waals surface area contributed by atoms with Gasteiger partial charge in [-0.1, -0.05) is 12.1 Å². The minimum Gasteiger partial charge on any atom is -0.391 e. The van der Waals surface area contributed by atoms with Crippen LogP contribution in [0, 0.1) is 0 Å². The van der Waals surface area contributed by atoms with Gasteiger partial charge in [-0.3, -0.25) is 14.6 Å². The van der Waals surface area contributed by atoms with Crippen LogP contribution in [-0.2, 0) is 6.18 Å². The number of halogens is 3. The monoisotopic (exact) mass is 444 g/mol. The Labute approximate surface area is 180 Å². The number of pyridine rings is 1. The molecule has 0 unspecified atom stereocenters. The molecule has 0 saturated heterocycles. The fourth-order valence-electron chi connectivity index (χ4n) is 3.64. The van der Waals surface area contributed by atoms with Crippen molar-refractivity contribution in [1.82, 2.24) is 20.1 Å². The van der Waals surface area contributed by atoms with Crippen LogP contribution >= 0.6 is 0 Å². The van der Waals surface area contributed by atoms with Gasteiger partial charge in [0.2, 0.25) is 0 Å². The summed E-state index contributed by atoms with van der Waals surface area (Å²) in [6.07, 6.45) is -0.419. The van der Waals surface area contributed by atoms with E-state index in [-0.39, 0.29) is 11.3 Å². The number of nitrogens with one attached hydrogen (secondary N) is 1. The Morgan fingerprint density at radius 2 is 1.91 bits per heavy atom. The highest BCUT2D eigenvalue weighted by Gasteiger charge is 2.31. The lowest BCUT2D eigenvalue weighted by atomic mass is 10.1. The van der Waals surface area contributed by atoms with E-state index in [4.69, 9.17) is 0 Å². The predicted octanol–water partition coefficient (Wildman–Crippen LogP) is 2.96. The fourth-order valence-corrected chi connectivity index (χ4v) is 3.64. The highest BCUT2D eigenvalue weighted by Crippen LogP contribution is 2.30. The number of amides is 1. The Bertz CT molecular complexity index is 1180. The number of carbonyl (C=O) groups is 1. The van der Waals surface area contributed by atoms with Crippen molar-refractivity contribution in [2.75, 3.05) is 0 Å². The van der Waals surface area contributed by atoms with E-state index in [2.05, 4.69) is 15.4 Å². The molecule has 2 N–H and O–H groups in total. The summed E-state index contributed by atoms with van der Waals surface area (Å²) in [4.78, 5) is 29.9. The molecule has 7 nitrogen and oxygen atoms in total. The number of benzene rings is 1. The van der Waals surface area contributed by atoms with E-state index in [0.717, 1.165) is 23.2 Å². The molecule has 1 aromatic carbocycles. The first-order valence-corrected chi connectivity index (χ1v) is 9.95. The molecule has 1 amide bonds. The molecule has 2 atom stereocenters. The van der Waals surface area contributed by atoms with E-state index in [1.54, 1.807) is 12.1 Å². The molecule has 0 aliphatic heterocycles. The predicted molar refractivity (Wildman–Crippen MR) is 109 cm³/mol. The quantitative estimate of drug-likeness (QED) is 0.645. The van der Waals surface area contributed by atoms with Crippen molar-refractivity contribution in [3.05, 3.63) is 76.3 Å². The summed E-state index contributed by atoms with van der Waals surface area (Å²) < 4.78 is 39.7. The Hall–Kier alpha value is -3.53. The second-order valence-corrected chi connectivity index (χ2v) is 7.52. The van der Waals surface area contributed by atoms with Gasteiger partial charge in [0.15, 0.2) is 0 Å². The highest BCUT2D eigenvalue weighted by molar-refractivity contribution is 5.95. The van der Waals surface area contributed by atoms with Gasteiger partial charge in [-0.25, -0.2) is 0 Å². The van der Waals surface area contributed by atoms with E-state index in [1.807, 2.05) is 0 Å². The van der Waals surface area contributed by atoms with E-state index >= 15 is 0 Å². The van der Waals surface area contributed by atoms with Crippen molar-refractivity contribution in [3.8, 4) is 16.9 Å². The molecule has 1 fully saturated rings. The molecule has 0 radical (unpaired) electrons. The molecule has 2 aromatic heterocycles. The molecule has 10 heteroatoms. The topological polar surface area (TPSA) is 97.1 Å². The smallest absolute Gasteiger partial charge is 0.391 e. The average Bonchev–Trinajstić information content (AvgIpc) is 3.18. The molecule has 1 saturated carbocycles. The SMILES string of the molecule is O=C(N[C@@H]1CCC[C@H]1O)c1cc(-c2ccc(C(F)(F)F)cc2)nn(-c2cccnc2)c1=O. The molecule has 2 heterocycles. The summed E-state index contributed by atoms with van der Waals surface area (Å²) in [5.41, 5.74) is -1.04. The van der Waals surface area contributed by atoms with Gasteiger partial charge in [0.1, 0.15) is 5.56 Å². The number of rotatable bonds is 4. The largest absolute Gasteiger partial charge is 0.416 e. The Morgan fingerprint density at radius 1 is 1.16 bits per heavy atom. The van der Waals surface area contributed by atoms with E-state index in [9.17, 15) is 27.9 Å². The third kappa shape index (κ3) is 4.40. The van der Waals surface area contributed by atoms with Crippen molar-refractivity contribution in [1.29, 1.82) is 0 Å². The Morgan fingerprint density at radius 3 is 2.50 bits per heavy atom. The summed E-state index contributed by atoms with van der Waals surface area (Å²) in [7, 11) is 0. The van der Waals surface area contributed by atoms with Gasteiger partial charge in [0, 0.05) is 11.8 Å². The van der Waals surface area contributed by atoms with Gasteiger partial charge in [-0.05, 0) is 49.6 Å². The number of aliphatic hydroxyl groups is 1. The number of hydrogen-bond donors (Lipinski definition) is 2. The van der Waals surface area contributed by atoms with Crippen LogP contribution in [-0.4, -0.2) is 37.9 Å². The average molecular weight is 444 g/mol. The zero-order valence-electron chi connectivity index (χ0n) is 16.7. The first-order valence-electron chi connectivity index (χ1n) is 9.95. The molecule has 4 rings (SSSR count). The lowest BCUT2D eigenvalue weighted by Gasteiger charge is -2.17. The van der Waals surface area contributed by atoms with Gasteiger partial charge < -0.3 is 10.4 Å². The minimum absolute atomic E-state index is 0.138. The summed E-state index contributed by atoms with van der Waals surface area (Å²) in [5, 5.41) is 16.9. The van der Waals surface area contributed by atoms with Gasteiger partial charge >= 0.3 is 6.18 Å². The van der Waals surface area contributed by atoms with Gasteiger partial charge in [0.05, 0.1) is 35.3 Å².